The second kappa shape index (κ2) is 9.47. The molecule has 4 heteroatoms. The van der Waals surface area contributed by atoms with Crippen molar-refractivity contribution in [1.29, 1.82) is 0 Å². The third-order valence-electron chi connectivity index (χ3n) is 6.44. The smallest absolute Gasteiger partial charge is 0.0553 e. The lowest BCUT2D eigenvalue weighted by atomic mass is 10.0. The number of nitrogens with zero attached hydrogens (tertiary/aromatic N) is 3. The Kier molecular flexibility index (Phi) is 6.30. The highest BCUT2D eigenvalue weighted by molar-refractivity contribution is 7.99. The van der Waals surface area contributed by atoms with Gasteiger partial charge in [-0.25, -0.2) is 0 Å². The maximum Gasteiger partial charge on any atom is 0.0553 e. The third-order valence-corrected chi connectivity index (χ3v) is 7.55. The Morgan fingerprint density at radius 2 is 1.39 bits per heavy atom. The van der Waals surface area contributed by atoms with E-state index in [1.807, 2.05) is 11.8 Å². The van der Waals surface area contributed by atoms with Crippen molar-refractivity contribution >= 4 is 23.1 Å². The fourth-order valence-corrected chi connectivity index (χ4v) is 5.70. The normalized spacial score (nSPS) is 16.7. The zero-order valence-corrected chi connectivity index (χ0v) is 19.2. The molecule has 160 valence electrons. The van der Waals surface area contributed by atoms with Crippen LogP contribution >= 0.6 is 11.8 Å². The standard InChI is InChI=1S/C27H31N3S/c1-28-17-19-29(20-18-28)15-7-8-16-30-24-11-5-6-12-26(24)31-27-21-23(13-14-25(27)30)22-9-3-2-4-10-22/h2-6,9-14,21H,7-8,15-20H2,1H3. The van der Waals surface area contributed by atoms with Crippen molar-refractivity contribution in [1.82, 2.24) is 9.80 Å². The zero-order valence-electron chi connectivity index (χ0n) is 18.3. The Morgan fingerprint density at radius 1 is 0.677 bits per heavy atom. The first-order valence-corrected chi connectivity index (χ1v) is 12.2. The van der Waals surface area contributed by atoms with Crippen LogP contribution in [0.2, 0.25) is 0 Å². The molecule has 2 aliphatic rings. The molecule has 2 aliphatic heterocycles. The summed E-state index contributed by atoms with van der Waals surface area (Å²) in [5.74, 6) is 0. The predicted octanol–water partition coefficient (Wildman–Crippen LogP) is 5.98. The van der Waals surface area contributed by atoms with E-state index in [4.69, 9.17) is 0 Å². The van der Waals surface area contributed by atoms with Gasteiger partial charge in [-0.15, -0.1) is 0 Å². The number of fused-ring (bicyclic) bond motifs is 2. The van der Waals surface area contributed by atoms with Crippen molar-refractivity contribution in [3.63, 3.8) is 0 Å². The fourth-order valence-electron chi connectivity index (χ4n) is 4.56. The molecule has 0 saturated carbocycles. The molecule has 0 spiro atoms. The molecule has 0 N–H and O–H groups in total. The molecular weight excluding hydrogens is 398 g/mol. The third kappa shape index (κ3) is 4.67. The molecule has 0 atom stereocenters. The average molecular weight is 430 g/mol. The van der Waals surface area contributed by atoms with Crippen molar-refractivity contribution in [3.05, 3.63) is 72.8 Å². The minimum atomic E-state index is 1.07. The number of anilines is 2. The van der Waals surface area contributed by atoms with Crippen molar-refractivity contribution in [2.24, 2.45) is 0 Å². The van der Waals surface area contributed by atoms with Gasteiger partial charge in [0.05, 0.1) is 11.4 Å². The Balaban J connectivity index is 1.31. The predicted molar refractivity (Wildman–Crippen MR) is 133 cm³/mol. The quantitative estimate of drug-likeness (QED) is 0.446. The maximum atomic E-state index is 2.63. The van der Waals surface area contributed by atoms with E-state index in [1.54, 1.807) is 0 Å². The summed E-state index contributed by atoms with van der Waals surface area (Å²) in [6.07, 6.45) is 2.47. The number of rotatable bonds is 6. The molecular formula is C27H31N3S. The molecule has 0 unspecified atom stereocenters. The van der Waals surface area contributed by atoms with Gasteiger partial charge in [-0.3, -0.25) is 0 Å². The van der Waals surface area contributed by atoms with Crippen LogP contribution < -0.4 is 4.90 Å². The van der Waals surface area contributed by atoms with Crippen LogP contribution in [-0.2, 0) is 0 Å². The molecule has 31 heavy (non-hydrogen) atoms. The molecule has 0 bridgehead atoms. The maximum absolute atomic E-state index is 2.63. The Bertz CT molecular complexity index is 1010. The molecule has 1 fully saturated rings. The number of benzene rings is 3. The van der Waals surface area contributed by atoms with Gasteiger partial charge < -0.3 is 14.7 Å². The summed E-state index contributed by atoms with van der Waals surface area (Å²) in [5, 5.41) is 0. The van der Waals surface area contributed by atoms with Crippen LogP contribution in [0.15, 0.2) is 82.6 Å². The summed E-state index contributed by atoms with van der Waals surface area (Å²) in [6, 6.07) is 26.5. The van der Waals surface area contributed by atoms with E-state index < -0.39 is 0 Å². The number of piperazine rings is 1. The molecule has 0 aliphatic carbocycles. The highest BCUT2D eigenvalue weighted by atomic mass is 32.2. The summed E-state index contributed by atoms with van der Waals surface area (Å²) in [4.78, 5) is 10.3. The summed E-state index contributed by atoms with van der Waals surface area (Å²) in [7, 11) is 2.23. The average Bonchev–Trinajstić information content (AvgIpc) is 2.82. The van der Waals surface area contributed by atoms with E-state index in [0.717, 1.165) is 6.54 Å². The van der Waals surface area contributed by atoms with E-state index in [1.165, 1.54) is 77.9 Å². The molecule has 3 aromatic rings. The lowest BCUT2D eigenvalue weighted by Crippen LogP contribution is -2.44. The first-order chi connectivity index (χ1) is 15.3. The SMILES string of the molecule is CN1CCN(CCCCN2c3ccccc3Sc3cc(-c4ccccc4)ccc32)CC1. The van der Waals surface area contributed by atoms with Gasteiger partial charge in [0.25, 0.3) is 0 Å². The summed E-state index contributed by atoms with van der Waals surface area (Å²) in [5.41, 5.74) is 5.28. The second-order valence-electron chi connectivity index (χ2n) is 8.62. The fraction of sp³-hybridized carbons (Fsp3) is 0.333. The monoisotopic (exact) mass is 429 g/mol. The minimum absolute atomic E-state index is 1.07. The lowest BCUT2D eigenvalue weighted by Gasteiger charge is -2.34. The van der Waals surface area contributed by atoms with Crippen LogP contribution in [0.1, 0.15) is 12.8 Å². The minimum Gasteiger partial charge on any atom is -0.340 e. The van der Waals surface area contributed by atoms with Crippen LogP contribution in [0.5, 0.6) is 0 Å². The van der Waals surface area contributed by atoms with Gasteiger partial charge in [0.15, 0.2) is 0 Å². The zero-order chi connectivity index (χ0) is 21.0. The van der Waals surface area contributed by atoms with E-state index in [9.17, 15) is 0 Å². The second-order valence-corrected chi connectivity index (χ2v) is 9.71. The van der Waals surface area contributed by atoms with Gasteiger partial charge in [0, 0.05) is 42.5 Å². The van der Waals surface area contributed by atoms with Gasteiger partial charge in [-0.2, -0.15) is 0 Å². The topological polar surface area (TPSA) is 9.72 Å². The first kappa shape index (κ1) is 20.6. The lowest BCUT2D eigenvalue weighted by molar-refractivity contribution is 0.152. The molecule has 1 saturated heterocycles. The number of hydrogen-bond acceptors (Lipinski definition) is 4. The van der Waals surface area contributed by atoms with E-state index in [0.29, 0.717) is 0 Å². The largest absolute Gasteiger partial charge is 0.340 e. The molecule has 0 amide bonds. The highest BCUT2D eigenvalue weighted by Gasteiger charge is 2.23. The van der Waals surface area contributed by atoms with E-state index in [2.05, 4.69) is 94.5 Å². The van der Waals surface area contributed by atoms with Gasteiger partial charge in [-0.05, 0) is 61.8 Å². The van der Waals surface area contributed by atoms with E-state index in [-0.39, 0.29) is 0 Å². The molecule has 2 heterocycles. The van der Waals surface area contributed by atoms with Crippen molar-refractivity contribution in [2.75, 3.05) is 51.2 Å². The summed E-state index contributed by atoms with van der Waals surface area (Å²) < 4.78 is 0. The first-order valence-electron chi connectivity index (χ1n) is 11.4. The summed E-state index contributed by atoms with van der Waals surface area (Å²) >= 11 is 1.90. The van der Waals surface area contributed by atoms with Crippen molar-refractivity contribution in [3.8, 4) is 11.1 Å². The van der Waals surface area contributed by atoms with Crippen molar-refractivity contribution < 1.29 is 0 Å². The van der Waals surface area contributed by atoms with Crippen LogP contribution in [-0.4, -0.2) is 56.1 Å². The summed E-state index contributed by atoms with van der Waals surface area (Å²) in [6.45, 7) is 7.12. The van der Waals surface area contributed by atoms with Crippen LogP contribution in [0.25, 0.3) is 11.1 Å². The van der Waals surface area contributed by atoms with Crippen LogP contribution in [0.3, 0.4) is 0 Å². The number of unbranched alkanes of at least 4 members (excludes halogenated alkanes) is 1. The Labute approximate surface area is 190 Å². The molecule has 3 aromatic carbocycles. The number of hydrogen-bond donors (Lipinski definition) is 0. The van der Waals surface area contributed by atoms with Crippen LogP contribution in [0, 0.1) is 0 Å². The van der Waals surface area contributed by atoms with Gasteiger partial charge >= 0.3 is 0 Å². The van der Waals surface area contributed by atoms with Crippen molar-refractivity contribution in [2.45, 2.75) is 22.6 Å². The van der Waals surface area contributed by atoms with Gasteiger partial charge in [0.1, 0.15) is 0 Å². The van der Waals surface area contributed by atoms with Gasteiger partial charge in [-0.1, -0.05) is 60.3 Å². The number of likely N-dealkylation sites (N-methyl/N-ethyl adjacent to an activating group) is 1. The highest BCUT2D eigenvalue weighted by Crippen LogP contribution is 2.49. The van der Waals surface area contributed by atoms with E-state index >= 15 is 0 Å². The molecule has 0 radical (unpaired) electrons. The van der Waals surface area contributed by atoms with Crippen LogP contribution in [0.4, 0.5) is 11.4 Å². The molecule has 3 nitrogen and oxygen atoms in total. The molecule has 5 rings (SSSR count). The molecule has 0 aromatic heterocycles. The Morgan fingerprint density at radius 3 is 2.23 bits per heavy atom. The Hall–Kier alpha value is -2.27. The van der Waals surface area contributed by atoms with Gasteiger partial charge in [0.2, 0.25) is 0 Å². The number of para-hydroxylation sites is 1.